The number of rotatable bonds is 6. The summed E-state index contributed by atoms with van der Waals surface area (Å²) in [6, 6.07) is 14.8. The summed E-state index contributed by atoms with van der Waals surface area (Å²) in [5, 5.41) is 4.24. The number of para-hydroxylation sites is 1. The normalized spacial score (nSPS) is 10.8. The Morgan fingerprint density at radius 3 is 2.54 bits per heavy atom. The summed E-state index contributed by atoms with van der Waals surface area (Å²) in [5.74, 6) is 1.50. The van der Waals surface area contributed by atoms with Gasteiger partial charge in [-0.25, -0.2) is 4.79 Å². The van der Waals surface area contributed by atoms with Crippen molar-refractivity contribution in [2.24, 2.45) is 0 Å². The number of ether oxygens (including phenoxy) is 2. The van der Waals surface area contributed by atoms with E-state index in [2.05, 4.69) is 5.32 Å². The number of hydrogen-bond acceptors (Lipinski definition) is 5. The molecule has 0 bridgehead atoms. The van der Waals surface area contributed by atoms with E-state index in [1.807, 2.05) is 36.4 Å². The van der Waals surface area contributed by atoms with Gasteiger partial charge in [0.1, 0.15) is 17.1 Å². The van der Waals surface area contributed by atoms with Crippen molar-refractivity contribution >= 4 is 11.0 Å². The lowest BCUT2D eigenvalue weighted by atomic mass is 10.1. The third-order valence-electron chi connectivity index (χ3n) is 3.86. The van der Waals surface area contributed by atoms with Crippen molar-refractivity contribution in [2.75, 3.05) is 14.2 Å². The highest BCUT2D eigenvalue weighted by atomic mass is 16.5. The van der Waals surface area contributed by atoms with Gasteiger partial charge in [-0.05, 0) is 23.8 Å². The van der Waals surface area contributed by atoms with E-state index in [9.17, 15) is 4.79 Å². The molecule has 1 N–H and O–H groups in total. The Labute approximate surface area is 139 Å². The molecule has 5 heteroatoms. The molecule has 0 spiro atoms. The molecule has 2 aromatic carbocycles. The van der Waals surface area contributed by atoms with E-state index in [-0.39, 0.29) is 5.63 Å². The lowest BCUT2D eigenvalue weighted by Gasteiger charge is -2.11. The molecule has 124 valence electrons. The topological polar surface area (TPSA) is 60.7 Å². The Hall–Kier alpha value is -2.79. The second-order valence-electron chi connectivity index (χ2n) is 5.37. The molecule has 0 aliphatic heterocycles. The minimum atomic E-state index is -0.371. The van der Waals surface area contributed by atoms with Gasteiger partial charge in [0, 0.05) is 36.2 Å². The van der Waals surface area contributed by atoms with Gasteiger partial charge in [-0.2, -0.15) is 0 Å². The summed E-state index contributed by atoms with van der Waals surface area (Å²) < 4.78 is 15.8. The Morgan fingerprint density at radius 1 is 0.958 bits per heavy atom. The zero-order chi connectivity index (χ0) is 16.9. The van der Waals surface area contributed by atoms with E-state index in [1.54, 1.807) is 20.3 Å². The van der Waals surface area contributed by atoms with E-state index >= 15 is 0 Å². The third kappa shape index (κ3) is 3.41. The van der Waals surface area contributed by atoms with Crippen LogP contribution in [0.3, 0.4) is 0 Å². The minimum Gasteiger partial charge on any atom is -0.497 e. The molecule has 1 aromatic heterocycles. The fourth-order valence-corrected chi connectivity index (χ4v) is 2.66. The van der Waals surface area contributed by atoms with Crippen LogP contribution in [0.4, 0.5) is 0 Å². The first-order valence-electron chi connectivity index (χ1n) is 7.64. The molecule has 0 fully saturated rings. The second-order valence-corrected chi connectivity index (χ2v) is 5.37. The predicted octanol–water partition coefficient (Wildman–Crippen LogP) is 3.10. The molecular weight excluding hydrogens is 306 g/mol. The first-order chi connectivity index (χ1) is 11.7. The van der Waals surface area contributed by atoms with Crippen molar-refractivity contribution in [2.45, 2.75) is 13.1 Å². The van der Waals surface area contributed by atoms with E-state index in [0.29, 0.717) is 24.4 Å². The van der Waals surface area contributed by atoms with Gasteiger partial charge in [0.2, 0.25) is 0 Å². The van der Waals surface area contributed by atoms with Crippen LogP contribution < -0.4 is 20.4 Å². The number of fused-ring (bicyclic) bond motifs is 1. The average Bonchev–Trinajstić information content (AvgIpc) is 2.61. The first-order valence-corrected chi connectivity index (χ1v) is 7.64. The molecule has 24 heavy (non-hydrogen) atoms. The number of benzene rings is 2. The Kier molecular flexibility index (Phi) is 4.82. The maximum absolute atomic E-state index is 11.8. The molecular formula is C19H19NO4. The lowest BCUT2D eigenvalue weighted by molar-refractivity contribution is 0.407. The van der Waals surface area contributed by atoms with Gasteiger partial charge in [-0.15, -0.1) is 0 Å². The van der Waals surface area contributed by atoms with Crippen LogP contribution in [0, 0.1) is 0 Å². The van der Waals surface area contributed by atoms with Gasteiger partial charge in [-0.1, -0.05) is 18.2 Å². The van der Waals surface area contributed by atoms with Crippen LogP contribution in [0.25, 0.3) is 11.0 Å². The Balaban J connectivity index is 1.81. The molecule has 0 aliphatic carbocycles. The summed E-state index contributed by atoms with van der Waals surface area (Å²) in [7, 11) is 3.24. The highest BCUT2D eigenvalue weighted by molar-refractivity contribution is 5.81. The van der Waals surface area contributed by atoms with Crippen LogP contribution in [-0.2, 0) is 13.1 Å². The van der Waals surface area contributed by atoms with Crippen LogP contribution >= 0.6 is 0 Å². The largest absolute Gasteiger partial charge is 0.497 e. The van der Waals surface area contributed by atoms with Crippen molar-refractivity contribution in [3.05, 3.63) is 70.1 Å². The van der Waals surface area contributed by atoms with Gasteiger partial charge in [-0.3, -0.25) is 0 Å². The number of methoxy groups -OCH3 is 2. The zero-order valence-electron chi connectivity index (χ0n) is 13.7. The molecule has 0 saturated heterocycles. The zero-order valence-corrected chi connectivity index (χ0v) is 13.7. The molecule has 0 aliphatic rings. The van der Waals surface area contributed by atoms with Crippen molar-refractivity contribution in [3.8, 4) is 11.5 Å². The number of nitrogens with one attached hydrogen (secondary N) is 1. The van der Waals surface area contributed by atoms with E-state index in [1.165, 1.54) is 6.07 Å². The summed E-state index contributed by atoms with van der Waals surface area (Å²) >= 11 is 0. The molecule has 5 nitrogen and oxygen atoms in total. The predicted molar refractivity (Wildman–Crippen MR) is 92.6 cm³/mol. The molecule has 0 unspecified atom stereocenters. The molecule has 0 amide bonds. The molecule has 3 aromatic rings. The van der Waals surface area contributed by atoms with Crippen molar-refractivity contribution in [3.63, 3.8) is 0 Å². The molecule has 1 heterocycles. The fourth-order valence-electron chi connectivity index (χ4n) is 2.66. The quantitative estimate of drug-likeness (QED) is 0.706. The van der Waals surface area contributed by atoms with Crippen LogP contribution in [-0.4, -0.2) is 14.2 Å². The van der Waals surface area contributed by atoms with Crippen LogP contribution in [0.1, 0.15) is 11.1 Å². The van der Waals surface area contributed by atoms with Gasteiger partial charge in [0.05, 0.1) is 14.2 Å². The van der Waals surface area contributed by atoms with Crippen molar-refractivity contribution < 1.29 is 13.9 Å². The smallest absolute Gasteiger partial charge is 0.336 e. The molecule has 0 atom stereocenters. The molecule has 0 radical (unpaired) electrons. The van der Waals surface area contributed by atoms with Gasteiger partial charge < -0.3 is 19.2 Å². The lowest BCUT2D eigenvalue weighted by Crippen LogP contribution is -2.15. The summed E-state index contributed by atoms with van der Waals surface area (Å²) in [5.41, 5.74) is 2.11. The standard InChI is InChI=1S/C19H19NO4/c1-22-15-7-8-16-14(9-19(21)24-18(16)10-15)12-20-11-13-5-3-4-6-17(13)23-2/h3-10,20H,11-12H2,1-2H3. The molecule has 0 saturated carbocycles. The summed E-state index contributed by atoms with van der Waals surface area (Å²) in [6.07, 6.45) is 0. The SMILES string of the molecule is COc1ccc2c(CNCc3ccccc3OC)cc(=O)oc2c1. The van der Waals surface area contributed by atoms with Crippen molar-refractivity contribution in [1.82, 2.24) is 5.32 Å². The number of hydrogen-bond donors (Lipinski definition) is 1. The average molecular weight is 325 g/mol. The second kappa shape index (κ2) is 7.19. The van der Waals surface area contributed by atoms with E-state index in [4.69, 9.17) is 13.9 Å². The monoisotopic (exact) mass is 325 g/mol. The first kappa shape index (κ1) is 16.1. The van der Waals surface area contributed by atoms with Gasteiger partial charge >= 0.3 is 5.63 Å². The molecule has 3 rings (SSSR count). The fraction of sp³-hybridized carbons (Fsp3) is 0.211. The maximum Gasteiger partial charge on any atom is 0.336 e. The van der Waals surface area contributed by atoms with E-state index in [0.717, 1.165) is 22.3 Å². The van der Waals surface area contributed by atoms with Crippen LogP contribution in [0.2, 0.25) is 0 Å². The summed E-state index contributed by atoms with van der Waals surface area (Å²) in [4.78, 5) is 11.8. The van der Waals surface area contributed by atoms with Crippen LogP contribution in [0.5, 0.6) is 11.5 Å². The minimum absolute atomic E-state index is 0.371. The third-order valence-corrected chi connectivity index (χ3v) is 3.86. The highest BCUT2D eigenvalue weighted by Gasteiger charge is 2.08. The van der Waals surface area contributed by atoms with Gasteiger partial charge in [0.15, 0.2) is 0 Å². The highest BCUT2D eigenvalue weighted by Crippen LogP contribution is 2.23. The van der Waals surface area contributed by atoms with Crippen molar-refractivity contribution in [1.29, 1.82) is 0 Å². The Morgan fingerprint density at radius 2 is 1.75 bits per heavy atom. The van der Waals surface area contributed by atoms with Gasteiger partial charge in [0.25, 0.3) is 0 Å². The summed E-state index contributed by atoms with van der Waals surface area (Å²) in [6.45, 7) is 1.19. The van der Waals surface area contributed by atoms with Crippen LogP contribution in [0.15, 0.2) is 57.7 Å². The Bertz CT molecular complexity index is 901. The maximum atomic E-state index is 11.8. The van der Waals surface area contributed by atoms with E-state index < -0.39 is 0 Å².